The third kappa shape index (κ3) is 4.69. The average molecular weight is 388 g/mol. The molecular weight excluding hydrogens is 372 g/mol. The molecule has 0 fully saturated rings. The number of hydrogen-bond donors (Lipinski definition) is 2. The van der Waals surface area contributed by atoms with E-state index in [2.05, 4.69) is 15.7 Å². The van der Waals surface area contributed by atoms with Gasteiger partial charge in [0.25, 0.3) is 5.69 Å². The van der Waals surface area contributed by atoms with Crippen molar-refractivity contribution < 1.29 is 14.9 Å². The van der Waals surface area contributed by atoms with Gasteiger partial charge in [-0.3, -0.25) is 20.3 Å². The summed E-state index contributed by atoms with van der Waals surface area (Å²) >= 11 is 0. The number of nitro benzene ring substituents is 1. The second-order valence-electron chi connectivity index (χ2n) is 5.89. The predicted molar refractivity (Wildman–Crippen MR) is 110 cm³/mol. The zero-order chi connectivity index (χ0) is 20.6. The van der Waals surface area contributed by atoms with E-state index in [1.165, 1.54) is 24.3 Å². The molecule has 0 aromatic heterocycles. The Morgan fingerprint density at radius 1 is 0.862 bits per heavy atom. The minimum atomic E-state index is -0.502. The molecule has 0 unspecified atom stereocenters. The summed E-state index contributed by atoms with van der Waals surface area (Å²) in [6.07, 6.45) is 0. The number of hydrogen-bond acceptors (Lipinski definition) is 7. The Kier molecular flexibility index (Phi) is 6.06. The standard InChI is InChI=1S/C21H16N4O4/c26-21(16-9-5-2-6-10-16)20(24-27)19(15-7-3-1-4-8-15)23-22-17-11-13-18(14-12-17)25(28)29/h1-14,22,27H/b23-19-,24-20-. The largest absolute Gasteiger partial charge is 0.410 e. The number of nitrogens with zero attached hydrogens (tertiary/aromatic N) is 3. The third-order valence-corrected chi connectivity index (χ3v) is 4.00. The Bertz CT molecular complexity index is 1060. The second-order valence-corrected chi connectivity index (χ2v) is 5.89. The zero-order valence-corrected chi connectivity index (χ0v) is 15.1. The minimum absolute atomic E-state index is 0.0559. The molecule has 0 aliphatic heterocycles. The smallest absolute Gasteiger partial charge is 0.269 e. The molecule has 2 N–H and O–H groups in total. The van der Waals surface area contributed by atoms with Gasteiger partial charge in [-0.1, -0.05) is 65.8 Å². The van der Waals surface area contributed by atoms with Crippen molar-refractivity contribution in [3.05, 3.63) is 106 Å². The molecule has 0 spiro atoms. The lowest BCUT2D eigenvalue weighted by atomic mass is 9.99. The molecule has 0 heterocycles. The monoisotopic (exact) mass is 388 g/mol. The van der Waals surface area contributed by atoms with Crippen LogP contribution in [0.15, 0.2) is 95.2 Å². The SMILES string of the molecule is O=C(C(=N\O)/C(=N\Nc1ccc([N+](=O)[O-])cc1)c1ccccc1)c1ccccc1. The van der Waals surface area contributed by atoms with Crippen LogP contribution in [0.25, 0.3) is 0 Å². The molecule has 3 aromatic carbocycles. The first-order valence-corrected chi connectivity index (χ1v) is 8.56. The number of nitrogens with one attached hydrogen (secondary N) is 1. The van der Waals surface area contributed by atoms with Gasteiger partial charge in [0.1, 0.15) is 5.71 Å². The van der Waals surface area contributed by atoms with E-state index < -0.39 is 10.7 Å². The number of anilines is 1. The first-order chi connectivity index (χ1) is 14.1. The van der Waals surface area contributed by atoms with Gasteiger partial charge in [0, 0.05) is 23.3 Å². The summed E-state index contributed by atoms with van der Waals surface area (Å²) < 4.78 is 0. The van der Waals surface area contributed by atoms with Crippen LogP contribution in [0.2, 0.25) is 0 Å². The molecule has 0 saturated carbocycles. The summed E-state index contributed by atoms with van der Waals surface area (Å²) in [7, 11) is 0. The number of carbonyl (C=O) groups excluding carboxylic acids is 1. The highest BCUT2D eigenvalue weighted by Gasteiger charge is 2.22. The summed E-state index contributed by atoms with van der Waals surface area (Å²) in [5.74, 6) is -0.499. The maximum atomic E-state index is 12.8. The van der Waals surface area contributed by atoms with Gasteiger partial charge in [-0.15, -0.1) is 0 Å². The highest BCUT2D eigenvalue weighted by Crippen LogP contribution is 2.16. The van der Waals surface area contributed by atoms with Crippen molar-refractivity contribution >= 4 is 28.6 Å². The van der Waals surface area contributed by atoms with Crippen LogP contribution < -0.4 is 5.43 Å². The molecule has 0 aliphatic rings. The van der Waals surface area contributed by atoms with Crippen molar-refractivity contribution in [3.63, 3.8) is 0 Å². The minimum Gasteiger partial charge on any atom is -0.410 e. The third-order valence-electron chi connectivity index (χ3n) is 4.00. The van der Waals surface area contributed by atoms with Crippen molar-refractivity contribution in [2.24, 2.45) is 10.3 Å². The van der Waals surface area contributed by atoms with Crippen LogP contribution in [-0.2, 0) is 0 Å². The van der Waals surface area contributed by atoms with E-state index in [9.17, 15) is 20.1 Å². The number of hydrazone groups is 1. The van der Waals surface area contributed by atoms with E-state index >= 15 is 0 Å². The van der Waals surface area contributed by atoms with Gasteiger partial charge >= 0.3 is 0 Å². The lowest BCUT2D eigenvalue weighted by Gasteiger charge is -2.09. The normalized spacial score (nSPS) is 11.7. The van der Waals surface area contributed by atoms with E-state index in [0.29, 0.717) is 16.8 Å². The van der Waals surface area contributed by atoms with E-state index in [-0.39, 0.29) is 17.1 Å². The van der Waals surface area contributed by atoms with E-state index in [0.717, 1.165) is 0 Å². The number of ketones is 1. The van der Waals surface area contributed by atoms with Crippen LogP contribution >= 0.6 is 0 Å². The topological polar surface area (TPSA) is 117 Å². The van der Waals surface area contributed by atoms with Crippen molar-refractivity contribution in [2.45, 2.75) is 0 Å². The molecule has 3 rings (SSSR count). The number of Topliss-reactive ketones (excluding diaryl/α,β-unsaturated/α-hetero) is 1. The Balaban J connectivity index is 1.97. The number of non-ortho nitro benzene ring substituents is 1. The molecule has 0 bridgehead atoms. The van der Waals surface area contributed by atoms with E-state index in [4.69, 9.17) is 0 Å². The molecule has 0 radical (unpaired) electrons. The lowest BCUT2D eigenvalue weighted by Crippen LogP contribution is -2.26. The Morgan fingerprint density at radius 2 is 1.41 bits per heavy atom. The Labute approximate surface area is 166 Å². The summed E-state index contributed by atoms with van der Waals surface area (Å²) in [6.45, 7) is 0. The predicted octanol–water partition coefficient (Wildman–Crippen LogP) is 4.12. The summed E-state index contributed by atoms with van der Waals surface area (Å²) in [6, 6.07) is 22.8. The molecule has 8 heteroatoms. The fourth-order valence-corrected chi connectivity index (χ4v) is 2.55. The van der Waals surface area contributed by atoms with Crippen LogP contribution in [0.4, 0.5) is 11.4 Å². The van der Waals surface area contributed by atoms with E-state index in [1.807, 2.05) is 0 Å². The summed E-state index contributed by atoms with van der Waals surface area (Å²) in [5.41, 5.74) is 3.95. The molecule has 29 heavy (non-hydrogen) atoms. The van der Waals surface area contributed by atoms with Gasteiger partial charge in [0.15, 0.2) is 5.71 Å². The molecule has 8 nitrogen and oxygen atoms in total. The van der Waals surface area contributed by atoms with Gasteiger partial charge in [0.05, 0.1) is 10.6 Å². The fraction of sp³-hybridized carbons (Fsp3) is 0. The molecule has 0 atom stereocenters. The van der Waals surface area contributed by atoms with Crippen LogP contribution in [0.3, 0.4) is 0 Å². The summed E-state index contributed by atoms with van der Waals surface area (Å²) in [4.78, 5) is 23.1. The van der Waals surface area contributed by atoms with Gasteiger partial charge in [0.2, 0.25) is 5.78 Å². The highest BCUT2D eigenvalue weighted by atomic mass is 16.6. The highest BCUT2D eigenvalue weighted by molar-refractivity contribution is 6.73. The number of oxime groups is 1. The van der Waals surface area contributed by atoms with E-state index in [1.54, 1.807) is 60.7 Å². The number of nitro groups is 1. The van der Waals surface area contributed by atoms with Gasteiger partial charge in [-0.05, 0) is 12.1 Å². The quantitative estimate of drug-likeness (QED) is 0.207. The van der Waals surface area contributed by atoms with Gasteiger partial charge < -0.3 is 5.21 Å². The Hall–Kier alpha value is -4.33. The van der Waals surface area contributed by atoms with Crippen molar-refractivity contribution in [1.82, 2.24) is 0 Å². The Morgan fingerprint density at radius 3 is 1.93 bits per heavy atom. The van der Waals surface area contributed by atoms with Gasteiger partial charge in [-0.2, -0.15) is 5.10 Å². The number of carbonyl (C=O) groups is 1. The summed E-state index contributed by atoms with van der Waals surface area (Å²) in [5, 5.41) is 27.8. The molecule has 0 amide bonds. The first-order valence-electron chi connectivity index (χ1n) is 8.56. The van der Waals surface area contributed by atoms with Crippen molar-refractivity contribution in [3.8, 4) is 0 Å². The van der Waals surface area contributed by atoms with Crippen LogP contribution in [0.5, 0.6) is 0 Å². The molecular formula is C21H16N4O4. The zero-order valence-electron chi connectivity index (χ0n) is 15.1. The number of benzene rings is 3. The van der Waals surface area contributed by atoms with Crippen LogP contribution in [0.1, 0.15) is 15.9 Å². The lowest BCUT2D eigenvalue weighted by molar-refractivity contribution is -0.384. The van der Waals surface area contributed by atoms with Crippen molar-refractivity contribution in [2.75, 3.05) is 5.43 Å². The van der Waals surface area contributed by atoms with Crippen molar-refractivity contribution in [1.29, 1.82) is 0 Å². The average Bonchev–Trinajstić information content (AvgIpc) is 2.77. The maximum absolute atomic E-state index is 12.8. The molecule has 0 saturated heterocycles. The molecule has 3 aromatic rings. The molecule has 0 aliphatic carbocycles. The van der Waals surface area contributed by atoms with Gasteiger partial charge in [-0.25, -0.2) is 0 Å². The van der Waals surface area contributed by atoms with Crippen LogP contribution in [-0.4, -0.2) is 27.3 Å². The van der Waals surface area contributed by atoms with Crippen LogP contribution in [0, 0.1) is 10.1 Å². The fourth-order valence-electron chi connectivity index (χ4n) is 2.55. The molecule has 144 valence electrons. The second kappa shape index (κ2) is 9.05. The first kappa shape index (κ1) is 19.4. The maximum Gasteiger partial charge on any atom is 0.269 e. The number of rotatable bonds is 7.